The van der Waals surface area contributed by atoms with Crippen LogP contribution in [0.2, 0.25) is 5.02 Å². The molecule has 1 aromatic rings. The number of amides is 1. The van der Waals surface area contributed by atoms with Crippen LogP contribution >= 0.6 is 11.6 Å². The minimum Gasteiger partial charge on any atom is -0.349 e. The third-order valence-corrected chi connectivity index (χ3v) is 3.49. The Kier molecular flexibility index (Phi) is 4.00. The van der Waals surface area contributed by atoms with Crippen molar-refractivity contribution < 1.29 is 4.79 Å². The van der Waals surface area contributed by atoms with Crippen LogP contribution in [0, 0.1) is 6.92 Å². The molecule has 0 aliphatic heterocycles. The second kappa shape index (κ2) is 5.50. The lowest BCUT2D eigenvalue weighted by molar-refractivity contribution is 0.0927. The summed E-state index contributed by atoms with van der Waals surface area (Å²) in [6.45, 7) is 1.86. The van der Waals surface area contributed by atoms with E-state index < -0.39 is 0 Å². The van der Waals surface area contributed by atoms with Gasteiger partial charge < -0.3 is 5.32 Å². The highest BCUT2D eigenvalue weighted by Crippen LogP contribution is 2.20. The fourth-order valence-electron chi connectivity index (χ4n) is 2.20. The summed E-state index contributed by atoms with van der Waals surface area (Å²) >= 11 is 6.04. The lowest BCUT2D eigenvalue weighted by atomic mass is 9.95. The molecule has 1 amide bonds. The van der Waals surface area contributed by atoms with E-state index in [1.54, 1.807) is 12.3 Å². The van der Waals surface area contributed by atoms with Crippen molar-refractivity contribution in [2.75, 3.05) is 0 Å². The molecule has 17 heavy (non-hydrogen) atoms. The quantitative estimate of drug-likeness (QED) is 0.879. The van der Waals surface area contributed by atoms with Gasteiger partial charge in [-0.3, -0.25) is 9.78 Å². The van der Waals surface area contributed by atoms with Gasteiger partial charge in [-0.05, 0) is 25.8 Å². The lowest BCUT2D eigenvalue weighted by Crippen LogP contribution is -2.36. The number of pyridine rings is 1. The molecule has 0 bridgehead atoms. The van der Waals surface area contributed by atoms with Gasteiger partial charge in [0.1, 0.15) is 0 Å². The van der Waals surface area contributed by atoms with Crippen LogP contribution < -0.4 is 5.32 Å². The van der Waals surface area contributed by atoms with E-state index >= 15 is 0 Å². The highest BCUT2D eigenvalue weighted by atomic mass is 35.5. The largest absolute Gasteiger partial charge is 0.349 e. The number of rotatable bonds is 2. The SMILES string of the molecule is Cc1cc(Cl)c(C(=O)NC2CCCCC2)cn1. The maximum Gasteiger partial charge on any atom is 0.254 e. The summed E-state index contributed by atoms with van der Waals surface area (Å²) in [4.78, 5) is 16.1. The Morgan fingerprint density at radius 2 is 2.12 bits per heavy atom. The zero-order chi connectivity index (χ0) is 12.3. The van der Waals surface area contributed by atoms with Crippen molar-refractivity contribution in [2.45, 2.75) is 45.1 Å². The minimum absolute atomic E-state index is 0.102. The predicted octanol–water partition coefficient (Wildman–Crippen LogP) is 3.11. The summed E-state index contributed by atoms with van der Waals surface area (Å²) in [5.41, 5.74) is 1.30. The summed E-state index contributed by atoms with van der Waals surface area (Å²) in [6, 6.07) is 2.02. The van der Waals surface area contributed by atoms with E-state index in [1.807, 2.05) is 6.92 Å². The molecular weight excluding hydrogens is 236 g/mol. The molecule has 4 heteroatoms. The monoisotopic (exact) mass is 252 g/mol. The number of carbonyl (C=O) groups excluding carboxylic acids is 1. The maximum absolute atomic E-state index is 12.0. The summed E-state index contributed by atoms with van der Waals surface area (Å²) in [5, 5.41) is 3.51. The van der Waals surface area contributed by atoms with Gasteiger partial charge in [-0.15, -0.1) is 0 Å². The molecule has 0 saturated heterocycles. The van der Waals surface area contributed by atoms with Crippen LogP contribution in [0.3, 0.4) is 0 Å². The number of nitrogens with zero attached hydrogens (tertiary/aromatic N) is 1. The molecule has 1 saturated carbocycles. The molecule has 2 rings (SSSR count). The minimum atomic E-state index is -0.102. The molecule has 1 fully saturated rings. The van der Waals surface area contributed by atoms with Gasteiger partial charge in [-0.2, -0.15) is 0 Å². The Morgan fingerprint density at radius 1 is 1.41 bits per heavy atom. The number of hydrogen-bond donors (Lipinski definition) is 1. The van der Waals surface area contributed by atoms with Crippen LogP contribution in [0.4, 0.5) is 0 Å². The Labute approximate surface area is 107 Å². The third kappa shape index (κ3) is 3.19. The first-order valence-corrected chi connectivity index (χ1v) is 6.47. The Balaban J connectivity index is 2.03. The van der Waals surface area contributed by atoms with Gasteiger partial charge in [-0.25, -0.2) is 0 Å². The van der Waals surface area contributed by atoms with Gasteiger partial charge in [0.25, 0.3) is 5.91 Å². The van der Waals surface area contributed by atoms with E-state index in [-0.39, 0.29) is 5.91 Å². The molecule has 1 heterocycles. The molecule has 1 aliphatic rings. The van der Waals surface area contributed by atoms with E-state index in [2.05, 4.69) is 10.3 Å². The summed E-state index contributed by atoms with van der Waals surface area (Å²) < 4.78 is 0. The summed E-state index contributed by atoms with van der Waals surface area (Å²) in [6.07, 6.45) is 7.37. The maximum atomic E-state index is 12.0. The Morgan fingerprint density at radius 3 is 2.76 bits per heavy atom. The van der Waals surface area contributed by atoms with Gasteiger partial charge >= 0.3 is 0 Å². The highest BCUT2D eigenvalue weighted by molar-refractivity contribution is 6.33. The molecule has 1 N–H and O–H groups in total. The molecule has 0 atom stereocenters. The molecule has 1 aliphatic carbocycles. The Bertz CT molecular complexity index is 414. The smallest absolute Gasteiger partial charge is 0.254 e. The van der Waals surface area contributed by atoms with Crippen molar-refractivity contribution >= 4 is 17.5 Å². The first kappa shape index (κ1) is 12.4. The van der Waals surface area contributed by atoms with E-state index in [4.69, 9.17) is 11.6 Å². The van der Waals surface area contributed by atoms with Crippen LogP contribution in [0.15, 0.2) is 12.3 Å². The molecule has 1 aromatic heterocycles. The van der Waals surface area contributed by atoms with Crippen LogP contribution in [0.1, 0.15) is 48.2 Å². The van der Waals surface area contributed by atoms with Crippen molar-refractivity contribution in [2.24, 2.45) is 0 Å². The van der Waals surface area contributed by atoms with Gasteiger partial charge in [0, 0.05) is 17.9 Å². The van der Waals surface area contributed by atoms with Crippen molar-refractivity contribution in [3.05, 3.63) is 28.5 Å². The van der Waals surface area contributed by atoms with E-state index in [9.17, 15) is 4.79 Å². The van der Waals surface area contributed by atoms with E-state index in [0.29, 0.717) is 16.6 Å². The van der Waals surface area contributed by atoms with Crippen molar-refractivity contribution in [1.29, 1.82) is 0 Å². The number of halogens is 1. The van der Waals surface area contributed by atoms with Crippen LogP contribution in [0.25, 0.3) is 0 Å². The predicted molar refractivity (Wildman–Crippen MR) is 68.3 cm³/mol. The number of carbonyl (C=O) groups is 1. The average Bonchev–Trinajstić information content (AvgIpc) is 2.30. The molecule has 0 spiro atoms. The average molecular weight is 253 g/mol. The lowest BCUT2D eigenvalue weighted by Gasteiger charge is -2.22. The number of hydrogen-bond acceptors (Lipinski definition) is 2. The zero-order valence-corrected chi connectivity index (χ0v) is 10.8. The first-order valence-electron chi connectivity index (χ1n) is 6.10. The fraction of sp³-hybridized carbons (Fsp3) is 0.538. The van der Waals surface area contributed by atoms with Crippen molar-refractivity contribution in [3.8, 4) is 0 Å². The van der Waals surface area contributed by atoms with E-state index in [0.717, 1.165) is 18.5 Å². The van der Waals surface area contributed by atoms with Gasteiger partial charge in [0.15, 0.2) is 0 Å². The van der Waals surface area contributed by atoms with Crippen LogP contribution in [0.5, 0.6) is 0 Å². The zero-order valence-electron chi connectivity index (χ0n) is 10.0. The van der Waals surface area contributed by atoms with Gasteiger partial charge in [0.05, 0.1) is 10.6 Å². The summed E-state index contributed by atoms with van der Waals surface area (Å²) in [7, 11) is 0. The Hall–Kier alpha value is -1.09. The third-order valence-electron chi connectivity index (χ3n) is 3.18. The number of nitrogens with one attached hydrogen (secondary N) is 1. The second-order valence-electron chi connectivity index (χ2n) is 4.61. The van der Waals surface area contributed by atoms with Gasteiger partial charge in [-0.1, -0.05) is 30.9 Å². The topological polar surface area (TPSA) is 42.0 Å². The van der Waals surface area contributed by atoms with Crippen LogP contribution in [-0.2, 0) is 0 Å². The fourth-order valence-corrected chi connectivity index (χ4v) is 2.50. The van der Waals surface area contributed by atoms with Gasteiger partial charge in [0.2, 0.25) is 0 Å². The standard InChI is InChI=1S/C13H17ClN2O/c1-9-7-12(14)11(8-15-9)13(17)16-10-5-3-2-4-6-10/h7-8,10H,2-6H2,1H3,(H,16,17). The molecular formula is C13H17ClN2O. The normalized spacial score (nSPS) is 16.8. The molecule has 92 valence electrons. The molecule has 3 nitrogen and oxygen atoms in total. The summed E-state index contributed by atoms with van der Waals surface area (Å²) in [5.74, 6) is -0.102. The molecule has 0 unspecified atom stereocenters. The number of aromatic nitrogens is 1. The first-order chi connectivity index (χ1) is 8.16. The molecule has 0 aromatic carbocycles. The van der Waals surface area contributed by atoms with Crippen molar-refractivity contribution in [3.63, 3.8) is 0 Å². The van der Waals surface area contributed by atoms with Crippen molar-refractivity contribution in [1.82, 2.24) is 10.3 Å². The molecule has 0 radical (unpaired) electrons. The number of aryl methyl sites for hydroxylation is 1. The van der Waals surface area contributed by atoms with Crippen LogP contribution in [-0.4, -0.2) is 16.9 Å². The highest BCUT2D eigenvalue weighted by Gasteiger charge is 2.18. The van der Waals surface area contributed by atoms with E-state index in [1.165, 1.54) is 19.3 Å². The second-order valence-corrected chi connectivity index (χ2v) is 5.02.